The molecule has 1 saturated carbocycles. The van der Waals surface area contributed by atoms with Gasteiger partial charge in [0.05, 0.1) is 7.11 Å². The minimum absolute atomic E-state index is 0.0908. The predicted molar refractivity (Wildman–Crippen MR) is 88.6 cm³/mol. The molecule has 0 spiro atoms. The molecule has 0 radical (unpaired) electrons. The van der Waals surface area contributed by atoms with Crippen LogP contribution in [0.5, 0.6) is 5.75 Å². The Kier molecular flexibility index (Phi) is 5.00. The first-order valence-electron chi connectivity index (χ1n) is 7.11. The SMILES string of the molecule is COc1c(F)cc(F)c(C2(C)CCCC(C)(C#CI)C2)c1F. The molecule has 1 aliphatic carbocycles. The third-order valence-corrected chi connectivity index (χ3v) is 4.79. The summed E-state index contributed by atoms with van der Waals surface area (Å²) in [4.78, 5) is 0. The summed E-state index contributed by atoms with van der Waals surface area (Å²) in [5.74, 6) is -0.183. The van der Waals surface area contributed by atoms with E-state index in [0.717, 1.165) is 12.8 Å². The normalized spacial score (nSPS) is 28.0. The van der Waals surface area contributed by atoms with Gasteiger partial charge in [-0.25, -0.2) is 13.2 Å². The number of methoxy groups -OCH3 is 1. The fourth-order valence-corrected chi connectivity index (χ4v) is 4.30. The monoisotopic (exact) mass is 422 g/mol. The number of rotatable bonds is 2. The summed E-state index contributed by atoms with van der Waals surface area (Å²) in [6.45, 7) is 3.82. The molecule has 0 saturated heterocycles. The highest BCUT2D eigenvalue weighted by atomic mass is 127. The second kappa shape index (κ2) is 6.31. The summed E-state index contributed by atoms with van der Waals surface area (Å²) in [6, 6.07) is 0.707. The molecule has 2 rings (SSSR count). The molecule has 0 aliphatic heterocycles. The third-order valence-electron chi connectivity index (χ3n) is 4.52. The van der Waals surface area contributed by atoms with Gasteiger partial charge in [-0.15, -0.1) is 0 Å². The van der Waals surface area contributed by atoms with Crippen LogP contribution in [0.1, 0.15) is 45.1 Å². The van der Waals surface area contributed by atoms with Crippen LogP contribution in [-0.2, 0) is 5.41 Å². The third kappa shape index (κ3) is 3.08. The van der Waals surface area contributed by atoms with Gasteiger partial charge in [-0.1, -0.05) is 19.3 Å². The number of hydrogen-bond acceptors (Lipinski definition) is 1. The highest BCUT2D eigenvalue weighted by Crippen LogP contribution is 2.50. The Morgan fingerprint density at radius 1 is 1.18 bits per heavy atom. The molecule has 0 amide bonds. The van der Waals surface area contributed by atoms with Gasteiger partial charge in [-0.2, -0.15) is 0 Å². The van der Waals surface area contributed by atoms with Gasteiger partial charge in [-0.3, -0.25) is 0 Å². The lowest BCUT2D eigenvalue weighted by molar-refractivity contribution is 0.186. The summed E-state index contributed by atoms with van der Waals surface area (Å²) in [5, 5.41) is 0. The topological polar surface area (TPSA) is 9.23 Å². The average Bonchev–Trinajstić information content (AvgIpc) is 2.37. The molecular weight excluding hydrogens is 404 g/mol. The zero-order valence-corrected chi connectivity index (χ0v) is 15.0. The Balaban J connectivity index is 2.56. The van der Waals surface area contributed by atoms with Gasteiger partial charge in [0.15, 0.2) is 17.4 Å². The predicted octanol–water partition coefficient (Wildman–Crippen LogP) is 5.35. The van der Waals surface area contributed by atoms with Crippen molar-refractivity contribution in [1.82, 2.24) is 0 Å². The van der Waals surface area contributed by atoms with Crippen LogP contribution in [0.3, 0.4) is 0 Å². The summed E-state index contributed by atoms with van der Waals surface area (Å²) in [5.41, 5.74) is -1.12. The summed E-state index contributed by atoms with van der Waals surface area (Å²) in [7, 11) is 1.18. The molecule has 22 heavy (non-hydrogen) atoms. The van der Waals surface area contributed by atoms with Crippen molar-refractivity contribution in [3.05, 3.63) is 29.1 Å². The van der Waals surface area contributed by atoms with Gasteiger partial charge in [0.1, 0.15) is 5.82 Å². The largest absolute Gasteiger partial charge is 0.491 e. The number of benzene rings is 1. The molecule has 5 heteroatoms. The van der Waals surface area contributed by atoms with Crippen molar-refractivity contribution in [2.24, 2.45) is 5.41 Å². The molecule has 2 atom stereocenters. The molecule has 1 aliphatic rings. The van der Waals surface area contributed by atoms with E-state index in [4.69, 9.17) is 4.74 Å². The van der Waals surface area contributed by atoms with Crippen molar-refractivity contribution in [2.75, 3.05) is 7.11 Å². The maximum absolute atomic E-state index is 14.6. The van der Waals surface area contributed by atoms with Gasteiger partial charge < -0.3 is 4.74 Å². The summed E-state index contributed by atoms with van der Waals surface area (Å²) >= 11 is 1.98. The Labute approximate surface area is 142 Å². The van der Waals surface area contributed by atoms with Crippen LogP contribution in [-0.4, -0.2) is 7.11 Å². The first-order chi connectivity index (χ1) is 10.3. The summed E-state index contributed by atoms with van der Waals surface area (Å²) in [6.07, 6.45) is 2.86. The first kappa shape index (κ1) is 17.5. The van der Waals surface area contributed by atoms with Gasteiger partial charge >= 0.3 is 0 Å². The zero-order chi connectivity index (χ0) is 16.5. The molecule has 0 aromatic heterocycles. The van der Waals surface area contributed by atoms with Crippen molar-refractivity contribution in [3.63, 3.8) is 0 Å². The molecule has 2 unspecified atom stereocenters. The standard InChI is InChI=1S/C17H18F3IO/c1-16(7-8-21)5-4-6-17(2,10-16)13-11(18)9-12(19)15(22-3)14(13)20/h9H,4-6,10H2,1-3H3. The second-order valence-electron chi connectivity index (χ2n) is 6.43. The molecule has 0 bridgehead atoms. The van der Waals surface area contributed by atoms with Crippen LogP contribution < -0.4 is 4.74 Å². The van der Waals surface area contributed by atoms with E-state index in [1.54, 1.807) is 0 Å². The second-order valence-corrected chi connectivity index (χ2v) is 6.97. The van der Waals surface area contributed by atoms with E-state index in [1.807, 2.05) is 36.4 Å². The van der Waals surface area contributed by atoms with Crippen molar-refractivity contribution in [1.29, 1.82) is 0 Å². The fourth-order valence-electron chi connectivity index (χ4n) is 3.65. The van der Waals surface area contributed by atoms with Crippen LogP contribution in [0, 0.1) is 32.7 Å². The Morgan fingerprint density at radius 2 is 1.86 bits per heavy atom. The van der Waals surface area contributed by atoms with Crippen molar-refractivity contribution in [2.45, 2.75) is 44.9 Å². The first-order valence-corrected chi connectivity index (χ1v) is 8.19. The van der Waals surface area contributed by atoms with Crippen LogP contribution in [0.2, 0.25) is 0 Å². The zero-order valence-electron chi connectivity index (χ0n) is 12.8. The molecule has 1 fully saturated rings. The Morgan fingerprint density at radius 3 is 2.45 bits per heavy atom. The lowest BCUT2D eigenvalue weighted by Crippen LogP contribution is -2.36. The number of halogens is 4. The van der Waals surface area contributed by atoms with E-state index in [1.165, 1.54) is 7.11 Å². The van der Waals surface area contributed by atoms with Crippen LogP contribution in [0.4, 0.5) is 13.2 Å². The van der Waals surface area contributed by atoms with Gasteiger partial charge in [0.25, 0.3) is 0 Å². The quantitative estimate of drug-likeness (QED) is 0.462. The van der Waals surface area contributed by atoms with E-state index in [2.05, 4.69) is 9.85 Å². The van der Waals surface area contributed by atoms with Crippen molar-refractivity contribution >= 4 is 22.6 Å². The molecule has 1 nitrogen and oxygen atoms in total. The Bertz CT molecular complexity index is 650. The maximum Gasteiger partial charge on any atom is 0.190 e. The lowest BCUT2D eigenvalue weighted by Gasteiger charge is -2.42. The van der Waals surface area contributed by atoms with E-state index in [9.17, 15) is 13.2 Å². The fraction of sp³-hybridized carbons (Fsp3) is 0.529. The van der Waals surface area contributed by atoms with E-state index in [-0.39, 0.29) is 11.0 Å². The smallest absolute Gasteiger partial charge is 0.190 e. The molecule has 1 aromatic carbocycles. The van der Waals surface area contributed by atoms with Gasteiger partial charge in [-0.05, 0) is 35.5 Å². The molecule has 1 aromatic rings. The van der Waals surface area contributed by atoms with Crippen LogP contribution in [0.15, 0.2) is 6.07 Å². The highest BCUT2D eigenvalue weighted by Gasteiger charge is 2.43. The van der Waals surface area contributed by atoms with E-state index < -0.39 is 28.6 Å². The maximum atomic E-state index is 14.6. The van der Waals surface area contributed by atoms with E-state index in [0.29, 0.717) is 18.9 Å². The van der Waals surface area contributed by atoms with Crippen molar-refractivity contribution < 1.29 is 17.9 Å². The minimum atomic E-state index is -1.02. The Hall–Kier alpha value is -0.900. The van der Waals surface area contributed by atoms with E-state index >= 15 is 0 Å². The average molecular weight is 422 g/mol. The molecular formula is C17H18F3IO. The molecule has 120 valence electrons. The highest BCUT2D eigenvalue weighted by molar-refractivity contribution is 14.1. The molecule has 0 N–H and O–H groups in total. The molecule has 0 heterocycles. The van der Waals surface area contributed by atoms with Gasteiger partial charge in [0, 0.05) is 39.6 Å². The number of hydrogen-bond donors (Lipinski definition) is 0. The number of ether oxygens (including phenoxy) is 1. The minimum Gasteiger partial charge on any atom is -0.491 e. The lowest BCUT2D eigenvalue weighted by atomic mass is 9.61. The summed E-state index contributed by atoms with van der Waals surface area (Å²) < 4.78 is 50.2. The van der Waals surface area contributed by atoms with Crippen LogP contribution >= 0.6 is 22.6 Å². The van der Waals surface area contributed by atoms with Gasteiger partial charge in [0.2, 0.25) is 0 Å². The van der Waals surface area contributed by atoms with Crippen molar-refractivity contribution in [3.8, 4) is 15.6 Å². The van der Waals surface area contributed by atoms with Crippen LogP contribution in [0.25, 0.3) is 0 Å².